The molecule has 2 bridgehead atoms. The van der Waals surface area contributed by atoms with Gasteiger partial charge in [-0.2, -0.15) is 0 Å². The van der Waals surface area contributed by atoms with Gasteiger partial charge in [-0.15, -0.1) is 0 Å². The van der Waals surface area contributed by atoms with Crippen LogP contribution in [0.15, 0.2) is 12.2 Å². The van der Waals surface area contributed by atoms with Crippen LogP contribution in [-0.4, -0.2) is 0 Å². The lowest BCUT2D eigenvalue weighted by molar-refractivity contribution is 0.693. The van der Waals surface area contributed by atoms with Gasteiger partial charge in [0, 0.05) is 0 Å². The Bertz CT molecular complexity index is 90.6. The number of rotatable bonds is 0. The van der Waals surface area contributed by atoms with E-state index in [0.29, 0.717) is 0 Å². The van der Waals surface area contributed by atoms with Crippen LogP contribution in [0.2, 0.25) is 0 Å². The molecule has 2 atom stereocenters. The zero-order valence-electron chi connectivity index (χ0n) is 4.30. The van der Waals surface area contributed by atoms with Gasteiger partial charge in [-0.1, -0.05) is 12.2 Å². The van der Waals surface area contributed by atoms with Gasteiger partial charge in [0.05, 0.1) is 0 Å². The largest absolute Gasteiger partial charge is 0.0851 e. The Balaban J connectivity index is 2.27. The molecule has 37 valence electrons. The Morgan fingerprint density at radius 3 is 2.43 bits per heavy atom. The van der Waals surface area contributed by atoms with E-state index in [0.717, 1.165) is 11.8 Å². The van der Waals surface area contributed by atoms with E-state index < -0.39 is 0 Å². The highest BCUT2D eigenvalue weighted by atomic mass is 14.3. The maximum Gasteiger partial charge on any atom is -0.0196 e. The molecule has 1 radical (unpaired) electrons. The third-order valence-corrected chi connectivity index (χ3v) is 1.95. The van der Waals surface area contributed by atoms with Crippen molar-refractivity contribution in [3.05, 3.63) is 18.6 Å². The second-order valence-corrected chi connectivity index (χ2v) is 2.52. The lowest BCUT2D eigenvalue weighted by Gasteiger charge is -1.96. The van der Waals surface area contributed by atoms with E-state index in [1.807, 2.05) is 0 Å². The summed E-state index contributed by atoms with van der Waals surface area (Å²) < 4.78 is 0. The van der Waals surface area contributed by atoms with Crippen molar-refractivity contribution in [2.75, 3.05) is 0 Å². The van der Waals surface area contributed by atoms with Crippen LogP contribution in [0.3, 0.4) is 0 Å². The van der Waals surface area contributed by atoms with Crippen LogP contribution in [0.5, 0.6) is 0 Å². The van der Waals surface area contributed by atoms with E-state index >= 15 is 0 Å². The molecule has 2 rings (SSSR count). The van der Waals surface area contributed by atoms with E-state index in [-0.39, 0.29) is 0 Å². The zero-order valence-corrected chi connectivity index (χ0v) is 4.30. The first kappa shape index (κ1) is 3.71. The fraction of sp³-hybridized carbons (Fsp3) is 0.571. The predicted octanol–water partition coefficient (Wildman–Crippen LogP) is 1.79. The van der Waals surface area contributed by atoms with Gasteiger partial charge in [-0.05, 0) is 31.1 Å². The molecule has 0 nitrogen and oxygen atoms in total. The Morgan fingerprint density at radius 1 is 1.29 bits per heavy atom. The molecule has 7 heavy (non-hydrogen) atoms. The average molecular weight is 93.1 g/mol. The first-order valence-electron chi connectivity index (χ1n) is 2.97. The minimum atomic E-state index is 0.866. The highest BCUT2D eigenvalue weighted by molar-refractivity contribution is 5.13. The zero-order chi connectivity index (χ0) is 4.69. The molecule has 2 aliphatic rings. The first-order valence-corrected chi connectivity index (χ1v) is 2.97. The summed E-state index contributed by atoms with van der Waals surface area (Å²) in [4.78, 5) is 0. The number of fused-ring (bicyclic) bond motifs is 2. The second-order valence-electron chi connectivity index (χ2n) is 2.52. The molecule has 0 N–H and O–H groups in total. The molecule has 0 aromatic carbocycles. The summed E-state index contributed by atoms with van der Waals surface area (Å²) in [6.07, 6.45) is 9.87. The van der Waals surface area contributed by atoms with Crippen LogP contribution in [0, 0.1) is 18.3 Å². The van der Waals surface area contributed by atoms with Gasteiger partial charge < -0.3 is 0 Å². The molecule has 0 unspecified atom stereocenters. The maximum atomic E-state index is 2.42. The smallest absolute Gasteiger partial charge is 0.0196 e. The van der Waals surface area contributed by atoms with Crippen LogP contribution >= 0.6 is 0 Å². The van der Waals surface area contributed by atoms with Gasteiger partial charge in [0.25, 0.3) is 0 Å². The predicted molar refractivity (Wildman–Crippen MR) is 29.7 cm³/mol. The van der Waals surface area contributed by atoms with Crippen LogP contribution in [0.25, 0.3) is 0 Å². The molecule has 0 aliphatic heterocycles. The average Bonchev–Trinajstić information content (AvgIpc) is 2.22. The van der Waals surface area contributed by atoms with E-state index in [1.165, 1.54) is 12.8 Å². The maximum absolute atomic E-state index is 2.42. The van der Waals surface area contributed by atoms with E-state index in [9.17, 15) is 0 Å². The molecular formula is C7H9. The van der Waals surface area contributed by atoms with Gasteiger partial charge in [-0.25, -0.2) is 0 Å². The Hall–Kier alpha value is -0.260. The summed E-state index contributed by atoms with van der Waals surface area (Å²) in [7, 11) is 0. The Morgan fingerprint density at radius 2 is 2.29 bits per heavy atom. The third-order valence-electron chi connectivity index (χ3n) is 1.95. The number of hydrogen-bond donors (Lipinski definition) is 0. The van der Waals surface area contributed by atoms with Crippen molar-refractivity contribution in [3.63, 3.8) is 0 Å². The Labute approximate surface area is 44.2 Å². The van der Waals surface area contributed by atoms with Crippen molar-refractivity contribution < 1.29 is 0 Å². The van der Waals surface area contributed by atoms with Crippen molar-refractivity contribution in [1.29, 1.82) is 0 Å². The van der Waals surface area contributed by atoms with Gasteiger partial charge in [-0.3, -0.25) is 0 Å². The van der Waals surface area contributed by atoms with Crippen molar-refractivity contribution in [2.45, 2.75) is 12.8 Å². The van der Waals surface area contributed by atoms with Crippen LogP contribution in [0.4, 0.5) is 0 Å². The SMILES string of the molecule is [CH]1C[C@@H]2C=C[C@@H]1C2. The van der Waals surface area contributed by atoms with E-state index in [2.05, 4.69) is 18.6 Å². The number of allylic oxidation sites excluding steroid dienone is 2. The quantitative estimate of drug-likeness (QED) is 0.400. The third kappa shape index (κ3) is 0.425. The molecule has 0 saturated heterocycles. The van der Waals surface area contributed by atoms with Gasteiger partial charge in [0.1, 0.15) is 0 Å². The Kier molecular flexibility index (Phi) is 0.592. The summed E-state index contributed by atoms with van der Waals surface area (Å²) in [5, 5.41) is 0. The fourth-order valence-corrected chi connectivity index (χ4v) is 1.51. The molecule has 0 aromatic rings. The lowest BCUT2D eigenvalue weighted by atomic mass is 10.1. The van der Waals surface area contributed by atoms with Gasteiger partial charge >= 0.3 is 0 Å². The molecule has 0 heterocycles. The minimum absolute atomic E-state index is 0.866. The first-order chi connectivity index (χ1) is 3.45. The van der Waals surface area contributed by atoms with Gasteiger partial charge in [0.2, 0.25) is 0 Å². The summed E-state index contributed by atoms with van der Waals surface area (Å²) in [6.45, 7) is 0. The molecular weight excluding hydrogens is 84.1 g/mol. The summed E-state index contributed by atoms with van der Waals surface area (Å²) in [5.41, 5.74) is 0. The van der Waals surface area contributed by atoms with E-state index in [4.69, 9.17) is 0 Å². The van der Waals surface area contributed by atoms with Crippen LogP contribution in [0.1, 0.15) is 12.8 Å². The summed E-state index contributed by atoms with van der Waals surface area (Å²) >= 11 is 0. The molecule has 1 fully saturated rings. The standard InChI is InChI=1S/C7H9/c1-2-7-4-3-6(1)5-7/h1-3,6-7H,4-5H2/t6-,7-/m0/s1. The second kappa shape index (κ2) is 1.12. The minimum Gasteiger partial charge on any atom is -0.0851 e. The highest BCUT2D eigenvalue weighted by Gasteiger charge is 2.25. The summed E-state index contributed by atoms with van der Waals surface area (Å²) in [5.74, 6) is 1.80. The van der Waals surface area contributed by atoms with Gasteiger partial charge in [0.15, 0.2) is 0 Å². The monoisotopic (exact) mass is 93.1 g/mol. The van der Waals surface area contributed by atoms with Crippen molar-refractivity contribution in [1.82, 2.24) is 0 Å². The van der Waals surface area contributed by atoms with Crippen molar-refractivity contribution >= 4 is 0 Å². The fourth-order valence-electron chi connectivity index (χ4n) is 1.51. The molecule has 0 spiro atoms. The normalized spacial score (nSPS) is 45.7. The van der Waals surface area contributed by atoms with Crippen molar-refractivity contribution in [3.8, 4) is 0 Å². The van der Waals surface area contributed by atoms with Crippen LogP contribution < -0.4 is 0 Å². The summed E-state index contributed by atoms with van der Waals surface area (Å²) in [6, 6.07) is 0. The molecule has 2 aliphatic carbocycles. The topological polar surface area (TPSA) is 0 Å². The molecule has 0 aromatic heterocycles. The lowest BCUT2D eigenvalue weighted by Crippen LogP contribution is -1.83. The molecule has 1 saturated carbocycles. The number of hydrogen-bond acceptors (Lipinski definition) is 0. The molecule has 0 amide bonds. The van der Waals surface area contributed by atoms with Crippen LogP contribution in [-0.2, 0) is 0 Å². The van der Waals surface area contributed by atoms with E-state index in [1.54, 1.807) is 0 Å². The molecule has 0 heteroatoms. The van der Waals surface area contributed by atoms with Crippen molar-refractivity contribution in [2.24, 2.45) is 11.8 Å². The highest BCUT2D eigenvalue weighted by Crippen LogP contribution is 2.37.